The van der Waals surface area contributed by atoms with Crippen molar-refractivity contribution in [3.8, 4) is 0 Å². The molecule has 6 heteroatoms. The van der Waals surface area contributed by atoms with Crippen LogP contribution in [0.1, 0.15) is 53.7 Å². The molecule has 0 radical (unpaired) electrons. The normalized spacial score (nSPS) is 14.4. The van der Waals surface area contributed by atoms with Crippen LogP contribution in [0.5, 0.6) is 0 Å². The first-order valence-electron chi connectivity index (χ1n) is 8.73. The number of nitrogens with zero attached hydrogens (tertiary/aromatic N) is 4. The number of amides is 1. The van der Waals surface area contributed by atoms with Crippen molar-refractivity contribution >= 4 is 28.3 Å². The van der Waals surface area contributed by atoms with E-state index in [0.29, 0.717) is 18.2 Å². The minimum Gasteiger partial charge on any atom is -0.330 e. The van der Waals surface area contributed by atoms with Crippen LogP contribution in [-0.4, -0.2) is 31.6 Å². The molecule has 3 aromatic heterocycles. The highest BCUT2D eigenvalue weighted by molar-refractivity contribution is 7.09. The van der Waals surface area contributed by atoms with Crippen LogP contribution >= 0.6 is 11.3 Å². The van der Waals surface area contributed by atoms with E-state index in [-0.39, 0.29) is 11.9 Å². The molecule has 1 saturated carbocycles. The van der Waals surface area contributed by atoms with Crippen LogP contribution in [-0.2, 0) is 6.54 Å². The van der Waals surface area contributed by atoms with E-state index in [1.54, 1.807) is 17.5 Å². The quantitative estimate of drug-likeness (QED) is 0.690. The van der Waals surface area contributed by atoms with E-state index in [1.807, 2.05) is 28.6 Å². The zero-order chi connectivity index (χ0) is 17.6. The number of aryl methyl sites for hydroxylation is 1. The van der Waals surface area contributed by atoms with Crippen LogP contribution in [0.2, 0.25) is 0 Å². The maximum Gasteiger partial charge on any atom is 0.256 e. The van der Waals surface area contributed by atoms with E-state index in [0.717, 1.165) is 29.6 Å². The summed E-state index contributed by atoms with van der Waals surface area (Å²) in [5.74, 6) is 0.0834. The van der Waals surface area contributed by atoms with E-state index in [2.05, 4.69) is 30.4 Å². The fourth-order valence-corrected chi connectivity index (χ4v) is 3.84. The molecule has 4 rings (SSSR count). The Bertz CT molecular complexity index is 909. The number of thiophene rings is 1. The summed E-state index contributed by atoms with van der Waals surface area (Å²) in [4.78, 5) is 21.1. The van der Waals surface area contributed by atoms with E-state index in [1.165, 1.54) is 4.88 Å². The maximum absolute atomic E-state index is 13.2. The SMILES string of the molecule is Cc1nc2c(cnn2C(C)C)cc1C(=O)N(Cc1cccs1)C1CC1. The second kappa shape index (κ2) is 6.26. The summed E-state index contributed by atoms with van der Waals surface area (Å²) in [6.45, 7) is 6.77. The molecule has 1 amide bonds. The van der Waals surface area contributed by atoms with Crippen LogP contribution in [0.4, 0.5) is 0 Å². The van der Waals surface area contributed by atoms with Crippen LogP contribution in [0, 0.1) is 6.92 Å². The Morgan fingerprint density at radius 1 is 1.44 bits per heavy atom. The molecule has 1 aliphatic rings. The lowest BCUT2D eigenvalue weighted by Crippen LogP contribution is -2.33. The average Bonchev–Trinajstić information content (AvgIpc) is 3.13. The largest absolute Gasteiger partial charge is 0.330 e. The van der Waals surface area contributed by atoms with Crippen molar-refractivity contribution in [2.75, 3.05) is 0 Å². The van der Waals surface area contributed by atoms with Crippen molar-refractivity contribution in [3.05, 3.63) is 45.9 Å². The molecular formula is C19H22N4OS. The van der Waals surface area contributed by atoms with E-state index in [4.69, 9.17) is 4.98 Å². The lowest BCUT2D eigenvalue weighted by Gasteiger charge is -2.22. The van der Waals surface area contributed by atoms with Gasteiger partial charge in [0.15, 0.2) is 5.65 Å². The molecular weight excluding hydrogens is 332 g/mol. The van der Waals surface area contributed by atoms with Crippen LogP contribution in [0.3, 0.4) is 0 Å². The molecule has 0 aliphatic heterocycles. The Balaban J connectivity index is 1.69. The fourth-order valence-electron chi connectivity index (χ4n) is 3.14. The van der Waals surface area contributed by atoms with E-state index >= 15 is 0 Å². The smallest absolute Gasteiger partial charge is 0.256 e. The molecule has 1 fully saturated rings. The van der Waals surface area contributed by atoms with Crippen molar-refractivity contribution in [2.24, 2.45) is 0 Å². The first-order chi connectivity index (χ1) is 12.0. The minimum absolute atomic E-state index is 0.0834. The standard InChI is InChI=1S/C19H22N4OS/c1-12(2)23-18-14(10-20-23)9-17(13(3)21-18)19(24)22(15-6-7-15)11-16-5-4-8-25-16/h4-5,8-10,12,15H,6-7,11H2,1-3H3. The summed E-state index contributed by atoms with van der Waals surface area (Å²) >= 11 is 1.70. The Kier molecular flexibility index (Phi) is 4.07. The summed E-state index contributed by atoms with van der Waals surface area (Å²) in [5.41, 5.74) is 2.32. The van der Waals surface area contributed by atoms with Gasteiger partial charge in [0.1, 0.15) is 0 Å². The fraction of sp³-hybridized carbons (Fsp3) is 0.421. The zero-order valence-corrected chi connectivity index (χ0v) is 15.6. The van der Waals surface area contributed by atoms with Crippen molar-refractivity contribution in [2.45, 2.75) is 52.2 Å². The zero-order valence-electron chi connectivity index (χ0n) is 14.8. The Morgan fingerprint density at radius 2 is 2.24 bits per heavy atom. The Morgan fingerprint density at radius 3 is 2.88 bits per heavy atom. The number of carbonyl (C=O) groups excluding carboxylic acids is 1. The third-order valence-electron chi connectivity index (χ3n) is 4.63. The van der Waals surface area contributed by atoms with Gasteiger partial charge >= 0.3 is 0 Å². The number of aromatic nitrogens is 3. The van der Waals surface area contributed by atoms with Gasteiger partial charge in [0.25, 0.3) is 5.91 Å². The third kappa shape index (κ3) is 3.06. The molecule has 0 saturated heterocycles. The molecule has 0 N–H and O–H groups in total. The molecule has 0 atom stereocenters. The second-order valence-corrected chi connectivity index (χ2v) is 7.99. The van der Waals surface area contributed by atoms with Gasteiger partial charge in [-0.1, -0.05) is 6.07 Å². The molecule has 0 bridgehead atoms. The van der Waals surface area contributed by atoms with Crippen LogP contribution in [0.25, 0.3) is 11.0 Å². The second-order valence-electron chi connectivity index (χ2n) is 6.96. The molecule has 1 aliphatic carbocycles. The van der Waals surface area contributed by atoms with Crippen molar-refractivity contribution in [1.29, 1.82) is 0 Å². The molecule has 0 spiro atoms. The summed E-state index contributed by atoms with van der Waals surface area (Å²) in [6, 6.07) is 6.69. The minimum atomic E-state index is 0.0834. The predicted octanol–water partition coefficient (Wildman–Crippen LogP) is 4.19. The van der Waals surface area contributed by atoms with Gasteiger partial charge in [0.2, 0.25) is 0 Å². The summed E-state index contributed by atoms with van der Waals surface area (Å²) in [5, 5.41) is 7.41. The highest BCUT2D eigenvalue weighted by Crippen LogP contribution is 2.31. The summed E-state index contributed by atoms with van der Waals surface area (Å²) in [6.07, 6.45) is 3.99. The van der Waals surface area contributed by atoms with Gasteiger partial charge in [-0.3, -0.25) is 4.79 Å². The van der Waals surface area contributed by atoms with Crippen molar-refractivity contribution in [1.82, 2.24) is 19.7 Å². The molecule has 3 heterocycles. The first kappa shape index (κ1) is 16.3. The molecule has 3 aromatic rings. The Hall–Kier alpha value is -2.21. The predicted molar refractivity (Wildman–Crippen MR) is 99.9 cm³/mol. The number of carbonyl (C=O) groups is 1. The number of pyridine rings is 1. The third-order valence-corrected chi connectivity index (χ3v) is 5.50. The number of hydrogen-bond acceptors (Lipinski definition) is 4. The lowest BCUT2D eigenvalue weighted by molar-refractivity contribution is 0.0730. The van der Waals surface area contributed by atoms with E-state index < -0.39 is 0 Å². The molecule has 0 aromatic carbocycles. The van der Waals surface area contributed by atoms with Gasteiger partial charge < -0.3 is 4.90 Å². The van der Waals surface area contributed by atoms with Gasteiger partial charge in [0, 0.05) is 22.3 Å². The van der Waals surface area contributed by atoms with Gasteiger partial charge in [-0.25, -0.2) is 9.67 Å². The van der Waals surface area contributed by atoms with Crippen LogP contribution < -0.4 is 0 Å². The van der Waals surface area contributed by atoms with Crippen molar-refractivity contribution in [3.63, 3.8) is 0 Å². The van der Waals surface area contributed by atoms with Gasteiger partial charge in [-0.2, -0.15) is 5.10 Å². The Labute approximate surface area is 151 Å². The topological polar surface area (TPSA) is 51.0 Å². The van der Waals surface area contributed by atoms with Gasteiger partial charge in [-0.15, -0.1) is 11.3 Å². The number of rotatable bonds is 5. The highest BCUT2D eigenvalue weighted by Gasteiger charge is 2.34. The molecule has 5 nitrogen and oxygen atoms in total. The number of hydrogen-bond donors (Lipinski definition) is 0. The highest BCUT2D eigenvalue weighted by atomic mass is 32.1. The maximum atomic E-state index is 13.2. The molecule has 0 unspecified atom stereocenters. The van der Waals surface area contributed by atoms with Gasteiger partial charge in [-0.05, 0) is 51.1 Å². The molecule has 130 valence electrons. The van der Waals surface area contributed by atoms with Crippen LogP contribution in [0.15, 0.2) is 29.8 Å². The van der Waals surface area contributed by atoms with Gasteiger partial charge in [0.05, 0.1) is 24.0 Å². The summed E-state index contributed by atoms with van der Waals surface area (Å²) in [7, 11) is 0. The number of fused-ring (bicyclic) bond motifs is 1. The molecule has 25 heavy (non-hydrogen) atoms. The average molecular weight is 354 g/mol. The lowest BCUT2D eigenvalue weighted by atomic mass is 10.1. The monoisotopic (exact) mass is 354 g/mol. The van der Waals surface area contributed by atoms with Crippen molar-refractivity contribution < 1.29 is 4.79 Å². The van der Waals surface area contributed by atoms with E-state index in [9.17, 15) is 4.79 Å². The summed E-state index contributed by atoms with van der Waals surface area (Å²) < 4.78 is 1.90. The first-order valence-corrected chi connectivity index (χ1v) is 9.60.